The minimum Gasteiger partial charge on any atom is -0.299 e. The first-order valence-corrected chi connectivity index (χ1v) is 12.1. The van der Waals surface area contributed by atoms with Crippen LogP contribution in [0.3, 0.4) is 0 Å². The van der Waals surface area contributed by atoms with Gasteiger partial charge in [-0.2, -0.15) is 0 Å². The zero-order valence-corrected chi connectivity index (χ0v) is 17.3. The Morgan fingerprint density at radius 3 is 2.56 bits per heavy atom. The molecule has 0 bridgehead atoms. The quantitative estimate of drug-likeness (QED) is 0.484. The monoisotopic (exact) mass is 394 g/mol. The van der Waals surface area contributed by atoms with Gasteiger partial charge in [0, 0.05) is 11.8 Å². The van der Waals surface area contributed by atoms with Gasteiger partial charge in [-0.3, -0.25) is 18.4 Å². The number of carbonyl (C=O) groups excluding carboxylic acids is 1. The van der Waals surface area contributed by atoms with E-state index in [4.69, 9.17) is 13.6 Å². The van der Waals surface area contributed by atoms with E-state index in [9.17, 15) is 9.36 Å². The summed E-state index contributed by atoms with van der Waals surface area (Å²) in [4.78, 5) is 12.5. The number of carbonyl (C=O) groups is 1. The summed E-state index contributed by atoms with van der Waals surface area (Å²) in [5.41, 5.74) is 1.60. The summed E-state index contributed by atoms with van der Waals surface area (Å²) < 4.78 is 28.7. The van der Waals surface area contributed by atoms with Crippen LogP contribution < -0.4 is 0 Å². The number of rotatable bonds is 2. The molecule has 0 spiro atoms. The second-order valence-electron chi connectivity index (χ2n) is 9.76. The van der Waals surface area contributed by atoms with Crippen LogP contribution in [0.5, 0.6) is 0 Å². The number of fused-ring (bicyclic) bond motifs is 5. The van der Waals surface area contributed by atoms with Crippen LogP contribution in [-0.4, -0.2) is 25.1 Å². The summed E-state index contributed by atoms with van der Waals surface area (Å²) in [5.74, 6) is 2.37. The molecule has 0 amide bonds. The van der Waals surface area contributed by atoms with Gasteiger partial charge in [0.2, 0.25) is 0 Å². The van der Waals surface area contributed by atoms with Crippen LogP contribution in [0.25, 0.3) is 0 Å². The van der Waals surface area contributed by atoms with Crippen molar-refractivity contribution in [3.8, 4) is 0 Å². The lowest BCUT2D eigenvalue weighted by molar-refractivity contribution is -0.131. The molecule has 27 heavy (non-hydrogen) atoms. The summed E-state index contributed by atoms with van der Waals surface area (Å²) >= 11 is 0. The van der Waals surface area contributed by atoms with Crippen molar-refractivity contribution in [3.05, 3.63) is 11.6 Å². The van der Waals surface area contributed by atoms with E-state index >= 15 is 0 Å². The molecule has 150 valence electrons. The molecule has 5 aliphatic rings. The van der Waals surface area contributed by atoms with E-state index in [1.54, 1.807) is 0 Å². The highest BCUT2D eigenvalue weighted by atomic mass is 31.2. The Kier molecular flexibility index (Phi) is 4.30. The van der Waals surface area contributed by atoms with Crippen LogP contribution in [-0.2, 0) is 22.9 Å². The summed E-state index contributed by atoms with van der Waals surface area (Å²) in [6.45, 7) is 5.37. The van der Waals surface area contributed by atoms with Crippen molar-refractivity contribution >= 4 is 13.6 Å². The molecule has 0 aromatic carbocycles. The number of allylic oxidation sites excluding steroid dienone is 1. The van der Waals surface area contributed by atoms with Gasteiger partial charge in [-0.25, -0.2) is 4.57 Å². The maximum atomic E-state index is 12.5. The van der Waals surface area contributed by atoms with Gasteiger partial charge in [0.15, 0.2) is 0 Å². The fourth-order valence-electron chi connectivity index (χ4n) is 7.07. The van der Waals surface area contributed by atoms with E-state index in [-0.39, 0.29) is 16.9 Å². The van der Waals surface area contributed by atoms with E-state index in [1.807, 2.05) is 0 Å². The second kappa shape index (κ2) is 6.26. The molecule has 0 aromatic heterocycles. The molecule has 3 unspecified atom stereocenters. The maximum absolute atomic E-state index is 12.5. The SMILES string of the molecule is C[C@]12CC[C@H](OP3(=O)OCCO3)CC1=CCC1C2CC[C@]2(C)C(=O)CCC12. The predicted octanol–water partition coefficient (Wildman–Crippen LogP) is 5.06. The van der Waals surface area contributed by atoms with E-state index < -0.39 is 7.82 Å². The number of hydrogen-bond acceptors (Lipinski definition) is 5. The molecule has 5 nitrogen and oxygen atoms in total. The van der Waals surface area contributed by atoms with E-state index in [0.717, 1.165) is 51.4 Å². The number of hydrogen-bond donors (Lipinski definition) is 0. The molecule has 5 rings (SSSR count). The smallest absolute Gasteiger partial charge is 0.299 e. The third kappa shape index (κ3) is 2.76. The van der Waals surface area contributed by atoms with Crippen molar-refractivity contribution < 1.29 is 22.9 Å². The average molecular weight is 394 g/mol. The van der Waals surface area contributed by atoms with Gasteiger partial charge in [-0.1, -0.05) is 25.5 Å². The van der Waals surface area contributed by atoms with Crippen molar-refractivity contribution in [1.29, 1.82) is 0 Å². The highest BCUT2D eigenvalue weighted by Crippen LogP contribution is 2.65. The highest BCUT2D eigenvalue weighted by molar-refractivity contribution is 7.48. The van der Waals surface area contributed by atoms with Crippen molar-refractivity contribution in [1.82, 2.24) is 0 Å². The Bertz CT molecular complexity index is 722. The lowest BCUT2D eigenvalue weighted by Gasteiger charge is -2.57. The van der Waals surface area contributed by atoms with Crippen LogP contribution in [0, 0.1) is 28.6 Å². The molecule has 1 aliphatic heterocycles. The number of phosphoric ester groups is 1. The number of ketones is 1. The minimum absolute atomic E-state index is 0.0697. The zero-order valence-electron chi connectivity index (χ0n) is 16.4. The Morgan fingerprint density at radius 1 is 1.07 bits per heavy atom. The first-order chi connectivity index (χ1) is 12.8. The van der Waals surface area contributed by atoms with Gasteiger partial charge in [0.05, 0.1) is 19.3 Å². The van der Waals surface area contributed by atoms with Gasteiger partial charge < -0.3 is 0 Å². The van der Waals surface area contributed by atoms with Gasteiger partial charge >= 0.3 is 7.82 Å². The highest BCUT2D eigenvalue weighted by Gasteiger charge is 2.58. The fourth-order valence-corrected chi connectivity index (χ4v) is 8.41. The Labute approximate surface area is 161 Å². The molecule has 6 heteroatoms. The van der Waals surface area contributed by atoms with Crippen molar-refractivity contribution in [3.63, 3.8) is 0 Å². The molecule has 6 atom stereocenters. The standard InChI is InChI=1S/C21H31O5P/c1-20-9-7-15(26-27(23)24-11-12-25-27)13-14(20)3-4-16-17-5-6-19(22)21(17,2)10-8-18(16)20/h3,15-18H,4-13H2,1-2H3/t15-,16?,17?,18?,20-,21-/m0/s1. The van der Waals surface area contributed by atoms with E-state index in [1.165, 1.54) is 5.57 Å². The van der Waals surface area contributed by atoms with Crippen LogP contribution in [0.15, 0.2) is 11.6 Å². The normalized spacial score (nSPS) is 48.5. The van der Waals surface area contributed by atoms with Gasteiger partial charge in [-0.15, -0.1) is 0 Å². The third-order valence-electron chi connectivity index (χ3n) is 8.63. The Balaban J connectivity index is 1.36. The summed E-state index contributed by atoms with van der Waals surface area (Å²) in [6, 6.07) is 0. The van der Waals surface area contributed by atoms with Crippen LogP contribution in [0.2, 0.25) is 0 Å². The molecule has 0 radical (unpaired) electrons. The van der Waals surface area contributed by atoms with Crippen LogP contribution in [0.1, 0.15) is 65.2 Å². The third-order valence-corrected chi connectivity index (χ3v) is 10.2. The largest absolute Gasteiger partial charge is 0.475 e. The maximum Gasteiger partial charge on any atom is 0.475 e. The molecule has 4 aliphatic carbocycles. The van der Waals surface area contributed by atoms with Gasteiger partial charge in [-0.05, 0) is 68.1 Å². The van der Waals surface area contributed by atoms with Crippen molar-refractivity contribution in [2.75, 3.05) is 13.2 Å². The molecule has 0 aromatic rings. The lowest BCUT2D eigenvalue weighted by Crippen LogP contribution is -2.50. The van der Waals surface area contributed by atoms with Crippen molar-refractivity contribution in [2.45, 2.75) is 71.3 Å². The predicted molar refractivity (Wildman–Crippen MR) is 101 cm³/mol. The lowest BCUT2D eigenvalue weighted by atomic mass is 9.48. The second-order valence-corrected chi connectivity index (χ2v) is 11.4. The fraction of sp³-hybridized carbons (Fsp3) is 0.857. The molecule has 0 N–H and O–H groups in total. The van der Waals surface area contributed by atoms with E-state index in [2.05, 4.69) is 19.9 Å². The van der Waals surface area contributed by atoms with Gasteiger partial charge in [0.25, 0.3) is 0 Å². The molecule has 1 saturated heterocycles. The summed E-state index contributed by atoms with van der Waals surface area (Å²) in [5, 5.41) is 0. The molecule has 1 heterocycles. The number of Topliss-reactive ketones (excluding diaryl/α,β-unsaturated/α-hetero) is 1. The number of phosphoric acid groups is 1. The molecule has 4 fully saturated rings. The van der Waals surface area contributed by atoms with Gasteiger partial charge in [0.1, 0.15) is 5.78 Å². The Hall–Kier alpha value is -0.480. The minimum atomic E-state index is -3.33. The zero-order chi connectivity index (χ0) is 18.9. The molecular weight excluding hydrogens is 363 g/mol. The topological polar surface area (TPSA) is 61.8 Å². The molecule has 3 saturated carbocycles. The first kappa shape index (κ1) is 18.5. The summed E-state index contributed by atoms with van der Waals surface area (Å²) in [6.07, 6.45) is 10.3. The average Bonchev–Trinajstić information content (AvgIpc) is 3.19. The van der Waals surface area contributed by atoms with Crippen LogP contribution in [0.4, 0.5) is 0 Å². The Morgan fingerprint density at radius 2 is 1.78 bits per heavy atom. The van der Waals surface area contributed by atoms with Crippen molar-refractivity contribution in [2.24, 2.45) is 28.6 Å². The first-order valence-electron chi connectivity index (χ1n) is 10.6. The summed E-state index contributed by atoms with van der Waals surface area (Å²) in [7, 11) is -3.33. The van der Waals surface area contributed by atoms with Crippen LogP contribution >= 0.6 is 7.82 Å². The molecular formula is C21H31O5P. The van der Waals surface area contributed by atoms with E-state index in [0.29, 0.717) is 36.8 Å².